The van der Waals surface area contributed by atoms with Crippen LogP contribution >= 0.6 is 11.8 Å². The summed E-state index contributed by atoms with van der Waals surface area (Å²) < 4.78 is 24.3. The zero-order valence-corrected chi connectivity index (χ0v) is 13.2. The molecule has 118 valence electrons. The van der Waals surface area contributed by atoms with Gasteiger partial charge in [-0.05, 0) is 18.2 Å². The van der Waals surface area contributed by atoms with Gasteiger partial charge in [0.15, 0.2) is 5.76 Å². The Kier molecular flexibility index (Phi) is 4.87. The van der Waals surface area contributed by atoms with E-state index >= 15 is 0 Å². The quantitative estimate of drug-likeness (QED) is 0.686. The average Bonchev–Trinajstić information content (AvgIpc) is 3.04. The molecule has 0 saturated carbocycles. The Morgan fingerprint density at radius 3 is 2.74 bits per heavy atom. The van der Waals surface area contributed by atoms with Crippen LogP contribution in [0.3, 0.4) is 0 Å². The summed E-state index contributed by atoms with van der Waals surface area (Å²) in [5.41, 5.74) is 1.26. The second-order valence-electron chi connectivity index (χ2n) is 4.66. The van der Waals surface area contributed by atoms with Crippen LogP contribution in [0.4, 0.5) is 4.39 Å². The molecule has 0 fully saturated rings. The SMILES string of the molecule is COc1ccc(CSCc2ncc(-c3ccccc3F)o2)nn1. The first-order valence-corrected chi connectivity index (χ1v) is 8.05. The number of nitrogens with zero attached hydrogens (tertiary/aromatic N) is 3. The number of halogens is 1. The standard InChI is InChI=1S/C16H14FN3O2S/c1-21-15-7-6-11(19-20-15)9-23-10-16-18-8-14(22-16)12-4-2-3-5-13(12)17/h2-8H,9-10H2,1H3. The number of aromatic nitrogens is 3. The van der Waals surface area contributed by atoms with Crippen molar-refractivity contribution in [3.8, 4) is 17.2 Å². The summed E-state index contributed by atoms with van der Waals surface area (Å²) in [4.78, 5) is 4.18. The van der Waals surface area contributed by atoms with Gasteiger partial charge in [0.25, 0.3) is 0 Å². The van der Waals surface area contributed by atoms with Crippen LogP contribution in [0.2, 0.25) is 0 Å². The van der Waals surface area contributed by atoms with Crippen molar-refractivity contribution in [2.75, 3.05) is 7.11 Å². The Morgan fingerprint density at radius 1 is 1.13 bits per heavy atom. The van der Waals surface area contributed by atoms with E-state index in [4.69, 9.17) is 9.15 Å². The molecule has 3 rings (SSSR count). The summed E-state index contributed by atoms with van der Waals surface area (Å²) >= 11 is 1.59. The van der Waals surface area contributed by atoms with Gasteiger partial charge in [-0.25, -0.2) is 9.37 Å². The Balaban J connectivity index is 1.58. The van der Waals surface area contributed by atoms with Gasteiger partial charge >= 0.3 is 0 Å². The van der Waals surface area contributed by atoms with Crippen LogP contribution in [-0.4, -0.2) is 22.3 Å². The van der Waals surface area contributed by atoms with Gasteiger partial charge in [0.1, 0.15) is 5.82 Å². The van der Waals surface area contributed by atoms with Crippen molar-refractivity contribution >= 4 is 11.8 Å². The number of hydrogen-bond donors (Lipinski definition) is 0. The molecule has 0 aliphatic carbocycles. The molecule has 3 aromatic rings. The number of hydrogen-bond acceptors (Lipinski definition) is 6. The van der Waals surface area contributed by atoms with E-state index < -0.39 is 0 Å². The van der Waals surface area contributed by atoms with Gasteiger partial charge in [0, 0.05) is 11.8 Å². The number of oxazole rings is 1. The summed E-state index contributed by atoms with van der Waals surface area (Å²) in [5, 5.41) is 7.96. The second-order valence-corrected chi connectivity index (χ2v) is 5.64. The fraction of sp³-hybridized carbons (Fsp3) is 0.188. The van der Waals surface area contributed by atoms with Crippen LogP contribution < -0.4 is 4.74 Å². The van der Waals surface area contributed by atoms with Crippen LogP contribution in [0, 0.1) is 5.82 Å². The molecule has 0 bridgehead atoms. The normalized spacial score (nSPS) is 10.7. The molecule has 0 unspecified atom stereocenters. The minimum absolute atomic E-state index is 0.323. The third kappa shape index (κ3) is 3.87. The Bertz CT molecular complexity index is 777. The van der Waals surface area contributed by atoms with Gasteiger partial charge in [-0.15, -0.1) is 16.9 Å². The van der Waals surface area contributed by atoms with Crippen molar-refractivity contribution in [2.24, 2.45) is 0 Å². The number of ether oxygens (including phenoxy) is 1. The highest BCUT2D eigenvalue weighted by Gasteiger charge is 2.10. The summed E-state index contributed by atoms with van der Waals surface area (Å²) in [5.74, 6) is 2.39. The van der Waals surface area contributed by atoms with Crippen LogP contribution in [0.25, 0.3) is 11.3 Å². The molecule has 0 amide bonds. The largest absolute Gasteiger partial charge is 0.480 e. The first-order chi connectivity index (χ1) is 11.3. The zero-order chi connectivity index (χ0) is 16.1. The van der Waals surface area contributed by atoms with Crippen molar-refractivity contribution in [3.63, 3.8) is 0 Å². The highest BCUT2D eigenvalue weighted by molar-refractivity contribution is 7.97. The van der Waals surface area contributed by atoms with E-state index in [1.807, 2.05) is 6.07 Å². The van der Waals surface area contributed by atoms with Crippen molar-refractivity contribution in [2.45, 2.75) is 11.5 Å². The highest BCUT2D eigenvalue weighted by atomic mass is 32.2. The van der Waals surface area contributed by atoms with E-state index in [0.717, 1.165) is 5.69 Å². The smallest absolute Gasteiger partial charge is 0.233 e. The highest BCUT2D eigenvalue weighted by Crippen LogP contribution is 2.25. The van der Waals surface area contributed by atoms with Crippen LogP contribution in [0.1, 0.15) is 11.6 Å². The van der Waals surface area contributed by atoms with E-state index in [1.165, 1.54) is 6.07 Å². The molecule has 5 nitrogen and oxygen atoms in total. The monoisotopic (exact) mass is 331 g/mol. The molecule has 7 heteroatoms. The lowest BCUT2D eigenvalue weighted by atomic mass is 10.2. The van der Waals surface area contributed by atoms with Gasteiger partial charge in [-0.3, -0.25) is 0 Å². The van der Waals surface area contributed by atoms with Crippen LogP contribution in [0.5, 0.6) is 5.88 Å². The van der Waals surface area contributed by atoms with Gasteiger partial charge in [-0.2, -0.15) is 5.10 Å². The third-order valence-corrected chi connectivity index (χ3v) is 4.02. The van der Waals surface area contributed by atoms with Crippen molar-refractivity contribution in [1.29, 1.82) is 0 Å². The molecule has 2 aromatic heterocycles. The Morgan fingerprint density at radius 2 is 2.00 bits per heavy atom. The van der Waals surface area contributed by atoms with E-state index in [-0.39, 0.29) is 5.82 Å². The number of methoxy groups -OCH3 is 1. The zero-order valence-electron chi connectivity index (χ0n) is 12.4. The van der Waals surface area contributed by atoms with Crippen LogP contribution in [-0.2, 0) is 11.5 Å². The molecule has 0 aliphatic rings. The van der Waals surface area contributed by atoms with Gasteiger partial charge in [-0.1, -0.05) is 12.1 Å². The van der Waals surface area contributed by atoms with E-state index in [0.29, 0.717) is 34.6 Å². The fourth-order valence-corrected chi connectivity index (χ4v) is 2.71. The molecular formula is C16H14FN3O2S. The maximum absolute atomic E-state index is 13.7. The average molecular weight is 331 g/mol. The lowest BCUT2D eigenvalue weighted by molar-refractivity contribution is 0.391. The second kappa shape index (κ2) is 7.23. The Hall–Kier alpha value is -2.41. The van der Waals surface area contributed by atoms with Crippen molar-refractivity contribution < 1.29 is 13.5 Å². The number of benzene rings is 1. The van der Waals surface area contributed by atoms with E-state index in [1.54, 1.807) is 49.3 Å². The summed E-state index contributed by atoms with van der Waals surface area (Å²) in [6, 6.07) is 10.1. The van der Waals surface area contributed by atoms with Gasteiger partial charge in [0.2, 0.25) is 11.8 Å². The van der Waals surface area contributed by atoms with E-state index in [9.17, 15) is 4.39 Å². The summed E-state index contributed by atoms with van der Waals surface area (Å²) in [6.45, 7) is 0. The minimum atomic E-state index is -0.323. The maximum atomic E-state index is 13.7. The molecule has 0 N–H and O–H groups in total. The molecule has 0 atom stereocenters. The molecule has 0 spiro atoms. The molecule has 0 saturated heterocycles. The summed E-state index contributed by atoms with van der Waals surface area (Å²) in [7, 11) is 1.55. The number of rotatable bonds is 6. The maximum Gasteiger partial charge on any atom is 0.233 e. The topological polar surface area (TPSA) is 61.0 Å². The van der Waals surface area contributed by atoms with Crippen molar-refractivity contribution in [1.82, 2.24) is 15.2 Å². The minimum Gasteiger partial charge on any atom is -0.480 e. The molecule has 23 heavy (non-hydrogen) atoms. The first-order valence-electron chi connectivity index (χ1n) is 6.90. The molecule has 0 radical (unpaired) electrons. The molecule has 1 aromatic carbocycles. The van der Waals surface area contributed by atoms with E-state index in [2.05, 4.69) is 15.2 Å². The Labute approximate surface area is 136 Å². The predicted molar refractivity (Wildman–Crippen MR) is 85.5 cm³/mol. The summed E-state index contributed by atoms with van der Waals surface area (Å²) in [6.07, 6.45) is 1.54. The predicted octanol–water partition coefficient (Wildman–Crippen LogP) is 3.71. The van der Waals surface area contributed by atoms with Crippen molar-refractivity contribution in [3.05, 3.63) is 60.0 Å². The molecule has 0 aliphatic heterocycles. The molecule has 2 heterocycles. The lowest BCUT2D eigenvalue weighted by Crippen LogP contribution is -1.94. The first kappa shape index (κ1) is 15.5. The van der Waals surface area contributed by atoms with Gasteiger partial charge < -0.3 is 9.15 Å². The lowest BCUT2D eigenvalue weighted by Gasteiger charge is -2.00. The van der Waals surface area contributed by atoms with Crippen LogP contribution in [0.15, 0.2) is 47.0 Å². The van der Waals surface area contributed by atoms with Gasteiger partial charge in [0.05, 0.1) is 30.3 Å². The fourth-order valence-electron chi connectivity index (χ4n) is 1.94. The third-order valence-electron chi connectivity index (χ3n) is 3.07. The molecular weight excluding hydrogens is 317 g/mol. The number of thioether (sulfide) groups is 1.